The Balaban J connectivity index is 1.78. The first-order valence-corrected chi connectivity index (χ1v) is 8.78. The molecule has 3 aromatic rings. The Labute approximate surface area is 157 Å². The maximum atomic E-state index is 13.0. The summed E-state index contributed by atoms with van der Waals surface area (Å²) < 4.78 is 40.4. The molecule has 2 heterocycles. The Kier molecular flexibility index (Phi) is 5.57. The van der Waals surface area contributed by atoms with Crippen LogP contribution >= 0.6 is 11.3 Å². The highest BCUT2D eigenvalue weighted by atomic mass is 32.1. The highest BCUT2D eigenvalue weighted by Crippen LogP contribution is 2.33. The summed E-state index contributed by atoms with van der Waals surface area (Å²) in [6.07, 6.45) is -1.91. The molecule has 0 fully saturated rings. The molecule has 0 unspecified atom stereocenters. The molecule has 0 saturated carbocycles. The van der Waals surface area contributed by atoms with Crippen LogP contribution < -0.4 is 5.32 Å². The fourth-order valence-electron chi connectivity index (χ4n) is 2.50. The average molecular weight is 395 g/mol. The van der Waals surface area contributed by atoms with Gasteiger partial charge in [-0.25, -0.2) is 9.67 Å². The largest absolute Gasteiger partial charge is 0.416 e. The minimum Gasteiger partial charge on any atom is -0.323 e. The predicted octanol–water partition coefficient (Wildman–Crippen LogP) is 3.42. The van der Waals surface area contributed by atoms with Crippen LogP contribution in [-0.4, -0.2) is 39.2 Å². The number of aromatic nitrogens is 3. The molecule has 3 rings (SSSR count). The van der Waals surface area contributed by atoms with E-state index in [9.17, 15) is 18.0 Å². The Bertz CT molecular complexity index is 894. The van der Waals surface area contributed by atoms with Gasteiger partial charge in [0.2, 0.25) is 5.91 Å². The number of anilines is 1. The number of rotatable bonds is 6. The van der Waals surface area contributed by atoms with Gasteiger partial charge in [0.05, 0.1) is 23.5 Å². The summed E-state index contributed by atoms with van der Waals surface area (Å²) in [7, 11) is 1.77. The number of hydrogen-bond acceptors (Lipinski definition) is 5. The molecule has 0 aliphatic heterocycles. The van der Waals surface area contributed by atoms with Crippen LogP contribution in [0.2, 0.25) is 0 Å². The lowest BCUT2D eigenvalue weighted by Crippen LogP contribution is -2.30. The first kappa shape index (κ1) is 19.1. The summed E-state index contributed by atoms with van der Waals surface area (Å²) in [6.45, 7) is 0.606. The highest BCUT2D eigenvalue weighted by Gasteiger charge is 2.31. The van der Waals surface area contributed by atoms with E-state index in [4.69, 9.17) is 0 Å². The summed E-state index contributed by atoms with van der Waals surface area (Å²) in [4.78, 5) is 19.0. The zero-order valence-electron chi connectivity index (χ0n) is 14.3. The maximum Gasteiger partial charge on any atom is 0.416 e. The molecule has 0 saturated heterocycles. The van der Waals surface area contributed by atoms with Crippen molar-refractivity contribution in [2.24, 2.45) is 0 Å². The molecule has 6 nitrogen and oxygen atoms in total. The van der Waals surface area contributed by atoms with Gasteiger partial charge >= 0.3 is 6.18 Å². The number of carbonyl (C=O) groups is 1. The summed E-state index contributed by atoms with van der Waals surface area (Å²) in [5.74, 6) is -0.422. The summed E-state index contributed by atoms with van der Waals surface area (Å²) >= 11 is 1.57. The van der Waals surface area contributed by atoms with Crippen molar-refractivity contribution in [3.05, 3.63) is 58.8 Å². The summed E-state index contributed by atoms with van der Waals surface area (Å²) in [6, 6.07) is 6.96. The minimum atomic E-state index is -4.52. The molecule has 10 heteroatoms. The van der Waals surface area contributed by atoms with Crippen LogP contribution in [0.4, 0.5) is 18.9 Å². The van der Waals surface area contributed by atoms with E-state index in [-0.39, 0.29) is 12.2 Å². The van der Waals surface area contributed by atoms with Gasteiger partial charge in [0.15, 0.2) is 0 Å². The lowest BCUT2D eigenvalue weighted by atomic mass is 10.1. The van der Waals surface area contributed by atoms with E-state index in [1.165, 1.54) is 23.4 Å². The fourth-order valence-corrected chi connectivity index (χ4v) is 3.29. The van der Waals surface area contributed by atoms with Gasteiger partial charge in [-0.3, -0.25) is 9.69 Å². The van der Waals surface area contributed by atoms with Crippen molar-refractivity contribution in [1.29, 1.82) is 0 Å². The van der Waals surface area contributed by atoms with E-state index >= 15 is 0 Å². The van der Waals surface area contributed by atoms with E-state index < -0.39 is 17.6 Å². The minimum absolute atomic E-state index is 0.0184. The molecule has 1 aromatic carbocycles. The monoisotopic (exact) mass is 395 g/mol. The van der Waals surface area contributed by atoms with Gasteiger partial charge in [0.1, 0.15) is 12.7 Å². The number of halogens is 3. The van der Waals surface area contributed by atoms with Crippen LogP contribution in [0, 0.1) is 0 Å². The molecule has 0 spiro atoms. The lowest BCUT2D eigenvalue weighted by molar-refractivity contribution is -0.137. The molecule has 0 aliphatic carbocycles. The van der Waals surface area contributed by atoms with Crippen molar-refractivity contribution in [1.82, 2.24) is 19.7 Å². The van der Waals surface area contributed by atoms with Crippen molar-refractivity contribution in [2.75, 3.05) is 18.9 Å². The first-order chi connectivity index (χ1) is 12.8. The smallest absolute Gasteiger partial charge is 0.323 e. The van der Waals surface area contributed by atoms with Crippen LogP contribution in [-0.2, 0) is 17.5 Å². The van der Waals surface area contributed by atoms with Crippen molar-refractivity contribution in [3.63, 3.8) is 0 Å². The quantitative estimate of drug-likeness (QED) is 0.695. The van der Waals surface area contributed by atoms with Gasteiger partial charge in [-0.2, -0.15) is 18.3 Å². The van der Waals surface area contributed by atoms with Crippen LogP contribution in [0.25, 0.3) is 5.69 Å². The van der Waals surface area contributed by atoms with Crippen LogP contribution in [0.15, 0.2) is 48.4 Å². The van der Waals surface area contributed by atoms with Crippen LogP contribution in [0.5, 0.6) is 0 Å². The molecular formula is C17H16F3N5OS. The molecule has 2 aromatic heterocycles. The van der Waals surface area contributed by atoms with E-state index in [0.717, 1.165) is 17.0 Å². The molecule has 0 bridgehead atoms. The molecule has 1 N–H and O–H groups in total. The molecule has 1 amide bonds. The second kappa shape index (κ2) is 7.89. The third-order valence-corrected chi connectivity index (χ3v) is 4.54. The normalized spacial score (nSPS) is 11.7. The van der Waals surface area contributed by atoms with Crippen molar-refractivity contribution >= 4 is 22.9 Å². The van der Waals surface area contributed by atoms with E-state index in [2.05, 4.69) is 15.4 Å². The van der Waals surface area contributed by atoms with Gasteiger partial charge in [0.25, 0.3) is 0 Å². The highest BCUT2D eigenvalue weighted by molar-refractivity contribution is 7.09. The molecule has 0 atom stereocenters. The molecule has 142 valence electrons. The fraction of sp³-hybridized carbons (Fsp3) is 0.235. The first-order valence-electron chi connectivity index (χ1n) is 7.90. The third kappa shape index (κ3) is 4.92. The number of nitrogens with zero attached hydrogens (tertiary/aromatic N) is 4. The summed E-state index contributed by atoms with van der Waals surface area (Å²) in [5, 5.41) is 8.42. The zero-order chi connectivity index (χ0) is 19.4. The zero-order valence-corrected chi connectivity index (χ0v) is 15.1. The topological polar surface area (TPSA) is 63.1 Å². The van der Waals surface area contributed by atoms with E-state index in [1.54, 1.807) is 23.3 Å². The van der Waals surface area contributed by atoms with E-state index in [0.29, 0.717) is 12.2 Å². The molecule has 0 aliphatic rings. The molecular weight excluding hydrogens is 379 g/mol. The van der Waals surface area contributed by atoms with Crippen molar-refractivity contribution in [2.45, 2.75) is 12.7 Å². The van der Waals surface area contributed by atoms with E-state index in [1.807, 2.05) is 17.5 Å². The van der Waals surface area contributed by atoms with Crippen LogP contribution in [0.1, 0.15) is 10.4 Å². The number of alkyl halides is 3. The Morgan fingerprint density at radius 2 is 2.15 bits per heavy atom. The number of thiophene rings is 1. The SMILES string of the molecule is CN(CC(=O)Nc1cc(C(F)(F)F)ccc1-n1cncn1)Cc1cccs1. The average Bonchev–Trinajstić information content (AvgIpc) is 3.27. The number of likely N-dealkylation sites (N-methyl/N-ethyl adjacent to an activating group) is 1. The molecule has 27 heavy (non-hydrogen) atoms. The second-order valence-electron chi connectivity index (χ2n) is 5.87. The van der Waals surface area contributed by atoms with Crippen molar-refractivity contribution in [3.8, 4) is 5.69 Å². The van der Waals surface area contributed by atoms with Crippen molar-refractivity contribution < 1.29 is 18.0 Å². The standard InChI is InChI=1S/C17H16F3N5OS/c1-24(8-13-3-2-6-27-13)9-16(26)23-14-7-12(17(18,19)20)4-5-15(14)25-11-21-10-22-25/h2-7,10-11H,8-9H2,1H3,(H,23,26). The number of benzene rings is 1. The Hall–Kier alpha value is -2.72. The second-order valence-corrected chi connectivity index (χ2v) is 6.90. The number of hydrogen-bond donors (Lipinski definition) is 1. The van der Waals surface area contributed by atoms with Gasteiger partial charge in [-0.15, -0.1) is 11.3 Å². The maximum absolute atomic E-state index is 13.0. The Morgan fingerprint density at radius 3 is 2.78 bits per heavy atom. The predicted molar refractivity (Wildman–Crippen MR) is 95.6 cm³/mol. The lowest BCUT2D eigenvalue weighted by Gasteiger charge is -2.17. The number of carbonyl (C=O) groups excluding carboxylic acids is 1. The van der Waals surface area contributed by atoms with Gasteiger partial charge in [0, 0.05) is 11.4 Å². The Morgan fingerprint density at radius 1 is 1.33 bits per heavy atom. The van der Waals surface area contributed by atoms with Gasteiger partial charge < -0.3 is 5.32 Å². The number of amides is 1. The van der Waals surface area contributed by atoms with Crippen LogP contribution in [0.3, 0.4) is 0 Å². The van der Waals surface area contributed by atoms with Gasteiger partial charge in [-0.1, -0.05) is 6.07 Å². The van der Waals surface area contributed by atoms with Gasteiger partial charge in [-0.05, 0) is 36.7 Å². The molecule has 0 radical (unpaired) electrons. The summed E-state index contributed by atoms with van der Waals surface area (Å²) in [5.41, 5.74) is -0.534. The number of nitrogens with one attached hydrogen (secondary N) is 1. The third-order valence-electron chi connectivity index (χ3n) is 3.68.